The number of ether oxygens (including phenoxy) is 2. The molecule has 0 radical (unpaired) electrons. The summed E-state index contributed by atoms with van der Waals surface area (Å²) >= 11 is 0. The number of hydrogen-bond acceptors (Lipinski definition) is 5. The summed E-state index contributed by atoms with van der Waals surface area (Å²) in [4.78, 5) is 8.28. The van der Waals surface area contributed by atoms with Crippen molar-refractivity contribution in [3.63, 3.8) is 0 Å². The number of hydrogen-bond donors (Lipinski definition) is 1. The van der Waals surface area contributed by atoms with Crippen LogP contribution in [0.25, 0.3) is 0 Å². The number of nitrogens with zero attached hydrogens (tertiary/aromatic N) is 2. The Hall–Kier alpha value is -1.36. The van der Waals surface area contributed by atoms with Crippen LogP contribution < -0.4 is 14.8 Å². The van der Waals surface area contributed by atoms with Crippen molar-refractivity contribution in [2.45, 2.75) is 33.2 Å². The molecule has 1 aromatic rings. The third kappa shape index (κ3) is 5.49. The van der Waals surface area contributed by atoms with Crippen molar-refractivity contribution >= 4 is 0 Å². The molecule has 0 unspecified atom stereocenters. The third-order valence-corrected chi connectivity index (χ3v) is 2.12. The van der Waals surface area contributed by atoms with Gasteiger partial charge in [-0.1, -0.05) is 13.8 Å². The molecule has 0 aromatic carbocycles. The highest BCUT2D eigenvalue weighted by Crippen LogP contribution is 2.14. The van der Waals surface area contributed by atoms with Crippen LogP contribution >= 0.6 is 0 Å². The summed E-state index contributed by atoms with van der Waals surface area (Å²) < 4.78 is 10.6. The lowest BCUT2D eigenvalue weighted by Gasteiger charge is -2.09. The van der Waals surface area contributed by atoms with Crippen LogP contribution in [-0.4, -0.2) is 36.3 Å². The van der Waals surface area contributed by atoms with Crippen LogP contribution in [0.5, 0.6) is 11.8 Å². The summed E-state index contributed by atoms with van der Waals surface area (Å²) in [6.07, 6.45) is 0.948. The zero-order valence-electron chi connectivity index (χ0n) is 11.0. The van der Waals surface area contributed by atoms with Gasteiger partial charge in [-0.05, 0) is 19.9 Å². The Labute approximate surface area is 103 Å². The van der Waals surface area contributed by atoms with E-state index in [1.165, 1.54) is 0 Å². The van der Waals surface area contributed by atoms with E-state index in [4.69, 9.17) is 9.47 Å². The van der Waals surface area contributed by atoms with Crippen LogP contribution in [0.1, 0.15) is 26.1 Å². The van der Waals surface area contributed by atoms with Crippen LogP contribution in [0.2, 0.25) is 0 Å². The summed E-state index contributed by atoms with van der Waals surface area (Å²) in [6.45, 7) is 7.65. The van der Waals surface area contributed by atoms with Crippen LogP contribution in [0.15, 0.2) is 6.07 Å². The van der Waals surface area contributed by atoms with Crippen LogP contribution in [0, 0.1) is 6.92 Å². The van der Waals surface area contributed by atoms with Crippen molar-refractivity contribution < 1.29 is 9.47 Å². The van der Waals surface area contributed by atoms with E-state index in [1.807, 2.05) is 6.92 Å². The quantitative estimate of drug-likeness (QED) is 0.732. The lowest BCUT2D eigenvalue weighted by molar-refractivity contribution is 0.290. The van der Waals surface area contributed by atoms with Gasteiger partial charge in [-0.15, -0.1) is 0 Å². The van der Waals surface area contributed by atoms with E-state index in [9.17, 15) is 0 Å². The second-order valence-electron chi connectivity index (χ2n) is 4.11. The summed E-state index contributed by atoms with van der Waals surface area (Å²) in [5.41, 5.74) is 0. The normalized spacial score (nSPS) is 10.6. The molecule has 0 fully saturated rings. The highest BCUT2D eigenvalue weighted by molar-refractivity contribution is 5.20. The summed E-state index contributed by atoms with van der Waals surface area (Å²) in [6, 6.07) is 2.21. The number of aryl methyl sites for hydroxylation is 1. The molecule has 0 atom stereocenters. The van der Waals surface area contributed by atoms with Crippen molar-refractivity contribution in [3.8, 4) is 11.8 Å². The molecule has 0 spiro atoms. The summed E-state index contributed by atoms with van der Waals surface area (Å²) in [5, 5.41) is 3.33. The molecule has 96 valence electrons. The summed E-state index contributed by atoms with van der Waals surface area (Å²) in [7, 11) is 1.58. The predicted octanol–water partition coefficient (Wildman–Crippen LogP) is 1.56. The van der Waals surface area contributed by atoms with Gasteiger partial charge in [0.2, 0.25) is 11.8 Å². The minimum absolute atomic E-state index is 0.511. The van der Waals surface area contributed by atoms with Gasteiger partial charge in [-0.2, -0.15) is 9.97 Å². The van der Waals surface area contributed by atoms with Crippen molar-refractivity contribution in [1.82, 2.24) is 15.3 Å². The van der Waals surface area contributed by atoms with Crippen molar-refractivity contribution in [2.75, 3.05) is 20.3 Å². The SMILES string of the molecule is COc1cc(OCCCNC(C)C)nc(C)n1. The lowest BCUT2D eigenvalue weighted by atomic mass is 10.3. The third-order valence-electron chi connectivity index (χ3n) is 2.12. The van der Waals surface area contributed by atoms with E-state index in [0.29, 0.717) is 30.2 Å². The number of nitrogens with one attached hydrogen (secondary N) is 1. The zero-order valence-corrected chi connectivity index (χ0v) is 11.0. The van der Waals surface area contributed by atoms with Crippen molar-refractivity contribution in [1.29, 1.82) is 0 Å². The van der Waals surface area contributed by atoms with Crippen LogP contribution in [-0.2, 0) is 0 Å². The molecule has 1 N–H and O–H groups in total. The fourth-order valence-electron chi connectivity index (χ4n) is 1.33. The van der Waals surface area contributed by atoms with Gasteiger partial charge in [-0.25, -0.2) is 0 Å². The molecule has 0 aliphatic heterocycles. The Morgan fingerprint density at radius 1 is 1.29 bits per heavy atom. The first-order valence-corrected chi connectivity index (χ1v) is 5.87. The van der Waals surface area contributed by atoms with Crippen molar-refractivity contribution in [2.24, 2.45) is 0 Å². The average Bonchev–Trinajstić information content (AvgIpc) is 2.27. The smallest absolute Gasteiger partial charge is 0.220 e. The Morgan fingerprint density at radius 2 is 2.00 bits per heavy atom. The first kappa shape index (κ1) is 13.7. The van der Waals surface area contributed by atoms with Gasteiger partial charge in [-0.3, -0.25) is 0 Å². The Bertz CT molecular complexity index is 343. The molecule has 1 heterocycles. The fraction of sp³-hybridized carbons (Fsp3) is 0.667. The second kappa shape index (κ2) is 7.06. The van der Waals surface area contributed by atoms with E-state index >= 15 is 0 Å². The second-order valence-corrected chi connectivity index (χ2v) is 4.11. The Morgan fingerprint density at radius 3 is 2.65 bits per heavy atom. The van der Waals surface area contributed by atoms with E-state index < -0.39 is 0 Å². The molecule has 1 aromatic heterocycles. The lowest BCUT2D eigenvalue weighted by Crippen LogP contribution is -2.24. The molecular weight excluding hydrogens is 218 g/mol. The molecule has 0 aliphatic rings. The molecule has 5 heteroatoms. The molecule has 0 aliphatic carbocycles. The topological polar surface area (TPSA) is 56.3 Å². The monoisotopic (exact) mass is 239 g/mol. The zero-order chi connectivity index (χ0) is 12.7. The number of aromatic nitrogens is 2. The minimum atomic E-state index is 0.511. The molecule has 0 saturated carbocycles. The van der Waals surface area contributed by atoms with Gasteiger partial charge in [0.1, 0.15) is 5.82 Å². The van der Waals surface area contributed by atoms with Gasteiger partial charge >= 0.3 is 0 Å². The molecule has 1 rings (SSSR count). The van der Waals surface area contributed by atoms with Crippen LogP contribution in [0.4, 0.5) is 0 Å². The van der Waals surface area contributed by atoms with Crippen LogP contribution in [0.3, 0.4) is 0 Å². The number of methoxy groups -OCH3 is 1. The summed E-state index contributed by atoms with van der Waals surface area (Å²) in [5.74, 6) is 1.76. The van der Waals surface area contributed by atoms with Gasteiger partial charge in [0, 0.05) is 6.04 Å². The fourth-order valence-corrected chi connectivity index (χ4v) is 1.33. The molecule has 0 amide bonds. The molecule has 5 nitrogen and oxygen atoms in total. The van der Waals surface area contributed by atoms with Gasteiger partial charge < -0.3 is 14.8 Å². The van der Waals surface area contributed by atoms with Gasteiger partial charge in [0.05, 0.1) is 19.8 Å². The predicted molar refractivity (Wildman–Crippen MR) is 66.6 cm³/mol. The molecule has 0 saturated heterocycles. The highest BCUT2D eigenvalue weighted by Gasteiger charge is 2.02. The maximum Gasteiger partial charge on any atom is 0.220 e. The largest absolute Gasteiger partial charge is 0.481 e. The van der Waals surface area contributed by atoms with Gasteiger partial charge in [0.25, 0.3) is 0 Å². The van der Waals surface area contributed by atoms with E-state index in [0.717, 1.165) is 13.0 Å². The first-order valence-electron chi connectivity index (χ1n) is 5.87. The van der Waals surface area contributed by atoms with Crippen molar-refractivity contribution in [3.05, 3.63) is 11.9 Å². The van der Waals surface area contributed by atoms with E-state index in [1.54, 1.807) is 13.2 Å². The maximum absolute atomic E-state index is 5.54. The number of rotatable bonds is 7. The molecule has 0 bridgehead atoms. The molecule has 17 heavy (non-hydrogen) atoms. The Balaban J connectivity index is 2.33. The average molecular weight is 239 g/mol. The Kier molecular flexibility index (Phi) is 5.69. The highest BCUT2D eigenvalue weighted by atomic mass is 16.5. The minimum Gasteiger partial charge on any atom is -0.481 e. The van der Waals surface area contributed by atoms with Gasteiger partial charge in [0.15, 0.2) is 0 Å². The van der Waals surface area contributed by atoms with E-state index in [2.05, 4.69) is 29.1 Å². The first-order chi connectivity index (χ1) is 8.11. The standard InChI is InChI=1S/C12H21N3O2/c1-9(2)13-6-5-7-17-12-8-11(16-4)14-10(3)15-12/h8-9,13H,5-7H2,1-4H3. The van der Waals surface area contributed by atoms with E-state index in [-0.39, 0.29) is 0 Å². The maximum atomic E-state index is 5.54. The molecular formula is C12H21N3O2.